The van der Waals surface area contributed by atoms with Crippen molar-refractivity contribution in [3.8, 4) is 0 Å². The van der Waals surface area contributed by atoms with Gasteiger partial charge in [0.15, 0.2) is 0 Å². The highest BCUT2D eigenvalue weighted by atomic mass is 16.5. The molecule has 0 heterocycles. The lowest BCUT2D eigenvalue weighted by atomic mass is 10.2. The van der Waals surface area contributed by atoms with Crippen LogP contribution in [0.5, 0.6) is 0 Å². The first kappa shape index (κ1) is 19.5. The van der Waals surface area contributed by atoms with Crippen molar-refractivity contribution in [2.75, 3.05) is 26.7 Å². The highest BCUT2D eigenvalue weighted by molar-refractivity contribution is 5.81. The van der Waals surface area contributed by atoms with Gasteiger partial charge in [0, 0.05) is 26.1 Å². The number of hydrogen-bond donors (Lipinski definition) is 1. The average molecular weight is 336 g/mol. The molecule has 0 saturated heterocycles. The molecule has 24 heavy (non-hydrogen) atoms. The molecule has 1 rings (SSSR count). The van der Waals surface area contributed by atoms with Gasteiger partial charge in [-0.1, -0.05) is 30.3 Å². The molecule has 2 amide bonds. The molecule has 0 radical (unpaired) electrons. The zero-order valence-electron chi connectivity index (χ0n) is 14.1. The summed E-state index contributed by atoms with van der Waals surface area (Å²) >= 11 is 0. The predicted octanol–water partition coefficient (Wildman–Crippen LogP) is 1.71. The number of ether oxygens (including phenoxy) is 2. The van der Waals surface area contributed by atoms with Gasteiger partial charge in [-0.15, -0.1) is 0 Å². The van der Waals surface area contributed by atoms with Gasteiger partial charge >= 0.3 is 12.1 Å². The first-order valence-electron chi connectivity index (χ1n) is 7.86. The zero-order chi connectivity index (χ0) is 17.8. The van der Waals surface area contributed by atoms with Crippen LogP contribution in [0.4, 0.5) is 4.79 Å². The van der Waals surface area contributed by atoms with Crippen LogP contribution in [0, 0.1) is 0 Å². The SMILES string of the molecule is CCN(CCNC(=O)OCc1ccccc1)C(=O)CCC(=O)OC. The van der Waals surface area contributed by atoms with E-state index in [2.05, 4.69) is 10.1 Å². The third-order valence-corrected chi connectivity index (χ3v) is 3.37. The molecule has 0 aliphatic carbocycles. The third kappa shape index (κ3) is 7.62. The van der Waals surface area contributed by atoms with Gasteiger partial charge < -0.3 is 19.7 Å². The second kappa shape index (κ2) is 11.0. The van der Waals surface area contributed by atoms with Crippen molar-refractivity contribution in [3.63, 3.8) is 0 Å². The minimum atomic E-state index is -0.531. The van der Waals surface area contributed by atoms with E-state index in [-0.39, 0.29) is 31.9 Å². The van der Waals surface area contributed by atoms with E-state index in [1.54, 1.807) is 4.90 Å². The lowest BCUT2D eigenvalue weighted by molar-refractivity contribution is -0.143. The molecule has 0 bridgehead atoms. The highest BCUT2D eigenvalue weighted by Gasteiger charge is 2.14. The predicted molar refractivity (Wildman–Crippen MR) is 88.1 cm³/mol. The molecule has 1 aromatic carbocycles. The van der Waals surface area contributed by atoms with Gasteiger partial charge in [0.05, 0.1) is 13.5 Å². The van der Waals surface area contributed by atoms with E-state index < -0.39 is 12.1 Å². The Hall–Kier alpha value is -2.57. The van der Waals surface area contributed by atoms with Crippen molar-refractivity contribution >= 4 is 18.0 Å². The Labute approximate surface area is 141 Å². The number of carbonyl (C=O) groups excluding carboxylic acids is 3. The highest BCUT2D eigenvalue weighted by Crippen LogP contribution is 2.01. The number of carbonyl (C=O) groups is 3. The fourth-order valence-electron chi connectivity index (χ4n) is 2.00. The van der Waals surface area contributed by atoms with E-state index in [0.29, 0.717) is 13.1 Å². The van der Waals surface area contributed by atoms with Gasteiger partial charge in [-0.05, 0) is 12.5 Å². The van der Waals surface area contributed by atoms with E-state index in [4.69, 9.17) is 4.74 Å². The number of methoxy groups -OCH3 is 1. The van der Waals surface area contributed by atoms with Crippen LogP contribution in [-0.2, 0) is 25.7 Å². The lowest BCUT2D eigenvalue weighted by Gasteiger charge is -2.20. The number of likely N-dealkylation sites (N-methyl/N-ethyl adjacent to an activating group) is 1. The molecule has 132 valence electrons. The van der Waals surface area contributed by atoms with Crippen molar-refractivity contribution in [1.82, 2.24) is 10.2 Å². The second-order valence-corrected chi connectivity index (χ2v) is 5.04. The largest absolute Gasteiger partial charge is 0.469 e. The fourth-order valence-corrected chi connectivity index (χ4v) is 2.00. The fraction of sp³-hybridized carbons (Fsp3) is 0.471. The van der Waals surface area contributed by atoms with Gasteiger partial charge in [0.2, 0.25) is 5.91 Å². The summed E-state index contributed by atoms with van der Waals surface area (Å²) in [4.78, 5) is 36.2. The van der Waals surface area contributed by atoms with Gasteiger partial charge in [-0.3, -0.25) is 9.59 Å². The van der Waals surface area contributed by atoms with E-state index in [0.717, 1.165) is 5.56 Å². The molecule has 7 nitrogen and oxygen atoms in total. The molecule has 1 aromatic rings. The van der Waals surface area contributed by atoms with Crippen LogP contribution >= 0.6 is 0 Å². The van der Waals surface area contributed by atoms with Gasteiger partial charge in [0.1, 0.15) is 6.61 Å². The van der Waals surface area contributed by atoms with E-state index in [1.807, 2.05) is 37.3 Å². The Balaban J connectivity index is 2.24. The summed E-state index contributed by atoms with van der Waals surface area (Å²) in [6.07, 6.45) is -0.380. The molecule has 0 saturated carbocycles. The summed E-state index contributed by atoms with van der Waals surface area (Å²) in [5.74, 6) is -0.565. The van der Waals surface area contributed by atoms with Crippen LogP contribution in [-0.4, -0.2) is 49.6 Å². The Bertz CT molecular complexity index is 533. The number of esters is 1. The van der Waals surface area contributed by atoms with Crippen LogP contribution in [0.3, 0.4) is 0 Å². The van der Waals surface area contributed by atoms with Crippen molar-refractivity contribution < 1.29 is 23.9 Å². The second-order valence-electron chi connectivity index (χ2n) is 5.04. The molecule has 0 atom stereocenters. The Morgan fingerprint density at radius 3 is 2.46 bits per heavy atom. The van der Waals surface area contributed by atoms with Crippen LogP contribution in [0.2, 0.25) is 0 Å². The third-order valence-electron chi connectivity index (χ3n) is 3.37. The molecule has 0 aromatic heterocycles. The molecule has 7 heteroatoms. The normalized spacial score (nSPS) is 9.92. The molecular formula is C17H24N2O5. The van der Waals surface area contributed by atoms with E-state index >= 15 is 0 Å². The lowest BCUT2D eigenvalue weighted by Crippen LogP contribution is -2.38. The maximum atomic E-state index is 12.0. The van der Waals surface area contributed by atoms with Crippen LogP contribution in [0.15, 0.2) is 30.3 Å². The average Bonchev–Trinajstić information content (AvgIpc) is 2.62. The standard InChI is InChI=1S/C17H24N2O5/c1-3-19(15(20)9-10-16(21)23-2)12-11-18-17(22)24-13-14-7-5-4-6-8-14/h4-8H,3,9-13H2,1-2H3,(H,18,22). The maximum Gasteiger partial charge on any atom is 0.407 e. The Morgan fingerprint density at radius 1 is 1.12 bits per heavy atom. The van der Waals surface area contributed by atoms with Crippen LogP contribution < -0.4 is 5.32 Å². The number of rotatable bonds is 9. The number of benzene rings is 1. The van der Waals surface area contributed by atoms with E-state index in [9.17, 15) is 14.4 Å². The zero-order valence-corrected chi connectivity index (χ0v) is 14.1. The van der Waals surface area contributed by atoms with Crippen molar-refractivity contribution in [1.29, 1.82) is 0 Å². The summed E-state index contributed by atoms with van der Waals surface area (Å²) < 4.78 is 9.59. The monoisotopic (exact) mass is 336 g/mol. The van der Waals surface area contributed by atoms with Crippen LogP contribution in [0.25, 0.3) is 0 Å². The van der Waals surface area contributed by atoms with Crippen LogP contribution in [0.1, 0.15) is 25.3 Å². The molecule has 0 fully saturated rings. The minimum Gasteiger partial charge on any atom is -0.469 e. The molecule has 0 aliphatic heterocycles. The number of nitrogens with zero attached hydrogens (tertiary/aromatic N) is 1. The molecular weight excluding hydrogens is 312 g/mol. The van der Waals surface area contributed by atoms with Gasteiger partial charge in [-0.25, -0.2) is 4.79 Å². The molecule has 1 N–H and O–H groups in total. The number of amides is 2. The van der Waals surface area contributed by atoms with Crippen molar-refractivity contribution in [2.45, 2.75) is 26.4 Å². The first-order chi connectivity index (χ1) is 11.6. The van der Waals surface area contributed by atoms with Gasteiger partial charge in [-0.2, -0.15) is 0 Å². The summed E-state index contributed by atoms with van der Waals surface area (Å²) in [6, 6.07) is 9.36. The van der Waals surface area contributed by atoms with Gasteiger partial charge in [0.25, 0.3) is 0 Å². The topological polar surface area (TPSA) is 84.9 Å². The smallest absolute Gasteiger partial charge is 0.407 e. The van der Waals surface area contributed by atoms with E-state index in [1.165, 1.54) is 7.11 Å². The molecule has 0 unspecified atom stereocenters. The Kier molecular flexibility index (Phi) is 8.96. The molecule has 0 aliphatic rings. The molecule has 0 spiro atoms. The minimum absolute atomic E-state index is 0.0539. The van der Waals surface area contributed by atoms with Crippen molar-refractivity contribution in [3.05, 3.63) is 35.9 Å². The van der Waals surface area contributed by atoms with Crippen molar-refractivity contribution in [2.24, 2.45) is 0 Å². The summed E-state index contributed by atoms with van der Waals surface area (Å²) in [6.45, 7) is 3.18. The first-order valence-corrected chi connectivity index (χ1v) is 7.86. The maximum absolute atomic E-state index is 12.0. The summed E-state index contributed by atoms with van der Waals surface area (Å²) in [5.41, 5.74) is 0.904. The number of alkyl carbamates (subject to hydrolysis) is 1. The Morgan fingerprint density at radius 2 is 1.83 bits per heavy atom. The number of hydrogen-bond acceptors (Lipinski definition) is 5. The quantitative estimate of drug-likeness (QED) is 0.694. The number of nitrogens with one attached hydrogen (secondary N) is 1. The summed E-state index contributed by atoms with van der Waals surface area (Å²) in [7, 11) is 1.29. The summed E-state index contributed by atoms with van der Waals surface area (Å²) in [5, 5.41) is 2.60.